The molecule has 5 nitrogen and oxygen atoms in total. The molecule has 0 amide bonds. The fourth-order valence-electron chi connectivity index (χ4n) is 1.69. The minimum atomic E-state index is -0.554. The van der Waals surface area contributed by atoms with Crippen molar-refractivity contribution in [2.75, 3.05) is 12.8 Å². The Bertz CT molecular complexity index is 602. The van der Waals surface area contributed by atoms with Crippen molar-refractivity contribution in [3.63, 3.8) is 0 Å². The maximum atomic E-state index is 11.6. The number of carbonyl (C=O) groups is 1. The lowest BCUT2D eigenvalue weighted by Crippen LogP contribution is -2.05. The summed E-state index contributed by atoms with van der Waals surface area (Å²) in [6.07, 6.45) is 0. The number of benzene rings is 1. The molecular formula is C13H14N2O3. The lowest BCUT2D eigenvalue weighted by atomic mass is 10.0. The van der Waals surface area contributed by atoms with Gasteiger partial charge in [0.05, 0.1) is 7.11 Å². The second-order valence-electron chi connectivity index (χ2n) is 4.06. The van der Waals surface area contributed by atoms with Gasteiger partial charge in [0, 0.05) is 5.56 Å². The first-order valence-corrected chi connectivity index (χ1v) is 5.45. The second kappa shape index (κ2) is 4.52. The molecule has 18 heavy (non-hydrogen) atoms. The first-order valence-electron chi connectivity index (χ1n) is 5.45. The molecule has 5 heteroatoms. The van der Waals surface area contributed by atoms with E-state index in [-0.39, 0.29) is 11.4 Å². The standard InChI is InChI=1S/C13H14N2O3/c1-7-4-5-9(6-8(7)2)11-10(13(16)17-3)12(14)18-15-11/h4-6H,14H2,1-3H3. The lowest BCUT2D eigenvalue weighted by molar-refractivity contribution is 0.0602. The Morgan fingerprint density at radius 3 is 2.67 bits per heavy atom. The van der Waals surface area contributed by atoms with Crippen LogP contribution < -0.4 is 5.73 Å². The van der Waals surface area contributed by atoms with Crippen LogP contribution in [0, 0.1) is 13.8 Å². The maximum Gasteiger partial charge on any atom is 0.345 e. The third-order valence-electron chi connectivity index (χ3n) is 2.89. The van der Waals surface area contributed by atoms with E-state index in [4.69, 9.17) is 10.3 Å². The minimum Gasteiger partial charge on any atom is -0.465 e. The van der Waals surface area contributed by atoms with Crippen molar-refractivity contribution >= 4 is 11.9 Å². The minimum absolute atomic E-state index is 0.0323. The molecule has 0 unspecified atom stereocenters. The number of methoxy groups -OCH3 is 1. The Kier molecular flexibility index (Phi) is 3.06. The molecule has 0 saturated heterocycles. The number of hydrogen-bond donors (Lipinski definition) is 1. The molecule has 1 heterocycles. The smallest absolute Gasteiger partial charge is 0.345 e. The van der Waals surface area contributed by atoms with Gasteiger partial charge in [-0.2, -0.15) is 0 Å². The van der Waals surface area contributed by atoms with Gasteiger partial charge in [-0.15, -0.1) is 0 Å². The van der Waals surface area contributed by atoms with Crippen LogP contribution in [0.3, 0.4) is 0 Å². The molecule has 0 bridgehead atoms. The lowest BCUT2D eigenvalue weighted by Gasteiger charge is -2.04. The fourth-order valence-corrected chi connectivity index (χ4v) is 1.69. The highest BCUT2D eigenvalue weighted by Crippen LogP contribution is 2.28. The molecular weight excluding hydrogens is 232 g/mol. The molecule has 0 aliphatic carbocycles. The van der Waals surface area contributed by atoms with Gasteiger partial charge >= 0.3 is 5.97 Å². The van der Waals surface area contributed by atoms with Crippen LogP contribution in [0.25, 0.3) is 11.3 Å². The quantitative estimate of drug-likeness (QED) is 0.823. The van der Waals surface area contributed by atoms with Crippen LogP contribution in [0.15, 0.2) is 22.7 Å². The molecule has 2 N–H and O–H groups in total. The summed E-state index contributed by atoms with van der Waals surface area (Å²) in [4.78, 5) is 11.6. The van der Waals surface area contributed by atoms with Gasteiger partial charge in [0.1, 0.15) is 5.69 Å². The number of aryl methyl sites for hydroxylation is 2. The normalized spacial score (nSPS) is 10.4. The number of aromatic nitrogens is 1. The predicted octanol–water partition coefficient (Wildman–Crippen LogP) is 2.33. The molecule has 94 valence electrons. The summed E-state index contributed by atoms with van der Waals surface area (Å²) in [5.41, 5.74) is 9.21. The number of nitrogens with two attached hydrogens (primary N) is 1. The largest absolute Gasteiger partial charge is 0.465 e. The second-order valence-corrected chi connectivity index (χ2v) is 4.06. The van der Waals surface area contributed by atoms with E-state index in [1.54, 1.807) is 0 Å². The number of nitrogen functional groups attached to an aromatic ring is 1. The van der Waals surface area contributed by atoms with E-state index in [0.29, 0.717) is 5.69 Å². The van der Waals surface area contributed by atoms with Crippen molar-refractivity contribution in [3.8, 4) is 11.3 Å². The molecule has 1 aromatic carbocycles. The Hall–Kier alpha value is -2.30. The van der Waals surface area contributed by atoms with Crippen molar-refractivity contribution in [2.24, 2.45) is 0 Å². The summed E-state index contributed by atoms with van der Waals surface area (Å²) in [7, 11) is 1.29. The van der Waals surface area contributed by atoms with Crippen molar-refractivity contribution in [3.05, 3.63) is 34.9 Å². The van der Waals surface area contributed by atoms with Crippen LogP contribution in [0.5, 0.6) is 0 Å². The molecule has 0 aliphatic heterocycles. The van der Waals surface area contributed by atoms with Crippen LogP contribution in [0.4, 0.5) is 5.88 Å². The number of ether oxygens (including phenoxy) is 1. The molecule has 0 radical (unpaired) electrons. The van der Waals surface area contributed by atoms with Crippen molar-refractivity contribution in [2.45, 2.75) is 13.8 Å². The fraction of sp³-hybridized carbons (Fsp3) is 0.231. The van der Waals surface area contributed by atoms with E-state index in [1.807, 2.05) is 32.0 Å². The average Bonchev–Trinajstić information content (AvgIpc) is 2.74. The maximum absolute atomic E-state index is 11.6. The zero-order valence-electron chi connectivity index (χ0n) is 10.5. The number of carbonyl (C=O) groups excluding carboxylic acids is 1. The van der Waals surface area contributed by atoms with Crippen LogP contribution in [0.1, 0.15) is 21.5 Å². The Morgan fingerprint density at radius 2 is 2.06 bits per heavy atom. The van der Waals surface area contributed by atoms with Crippen LogP contribution in [-0.4, -0.2) is 18.2 Å². The third-order valence-corrected chi connectivity index (χ3v) is 2.89. The Labute approximate surface area is 105 Å². The summed E-state index contributed by atoms with van der Waals surface area (Å²) in [6, 6.07) is 5.75. The van der Waals surface area contributed by atoms with E-state index in [2.05, 4.69) is 9.89 Å². The third kappa shape index (κ3) is 1.95. The highest BCUT2D eigenvalue weighted by atomic mass is 16.5. The molecule has 0 aliphatic rings. The van der Waals surface area contributed by atoms with Crippen LogP contribution in [0.2, 0.25) is 0 Å². The number of hydrogen-bond acceptors (Lipinski definition) is 5. The van der Waals surface area contributed by atoms with Crippen LogP contribution in [-0.2, 0) is 4.74 Å². The van der Waals surface area contributed by atoms with Gasteiger partial charge in [0.2, 0.25) is 5.88 Å². The van der Waals surface area contributed by atoms with Gasteiger partial charge in [0.15, 0.2) is 5.56 Å². The van der Waals surface area contributed by atoms with Gasteiger partial charge in [-0.3, -0.25) is 0 Å². The first-order chi connectivity index (χ1) is 8.54. The number of rotatable bonds is 2. The van der Waals surface area contributed by atoms with E-state index < -0.39 is 5.97 Å². The monoisotopic (exact) mass is 246 g/mol. The topological polar surface area (TPSA) is 78.3 Å². The highest BCUT2D eigenvalue weighted by molar-refractivity contribution is 6.00. The number of esters is 1. The average molecular weight is 246 g/mol. The molecule has 2 aromatic rings. The summed E-state index contributed by atoms with van der Waals surface area (Å²) >= 11 is 0. The zero-order chi connectivity index (χ0) is 13.3. The first kappa shape index (κ1) is 12.2. The van der Waals surface area contributed by atoms with Gasteiger partial charge in [0.25, 0.3) is 0 Å². The number of anilines is 1. The SMILES string of the molecule is COC(=O)c1c(-c2ccc(C)c(C)c2)noc1N. The molecule has 0 spiro atoms. The number of nitrogens with zero attached hydrogens (tertiary/aromatic N) is 1. The van der Waals surface area contributed by atoms with Crippen LogP contribution >= 0.6 is 0 Å². The van der Waals surface area contributed by atoms with Crippen molar-refractivity contribution in [1.29, 1.82) is 0 Å². The van der Waals surface area contributed by atoms with E-state index in [1.165, 1.54) is 7.11 Å². The van der Waals surface area contributed by atoms with E-state index in [9.17, 15) is 4.79 Å². The molecule has 0 atom stereocenters. The predicted molar refractivity (Wildman–Crippen MR) is 67.2 cm³/mol. The van der Waals surface area contributed by atoms with Gasteiger partial charge in [-0.1, -0.05) is 17.3 Å². The highest BCUT2D eigenvalue weighted by Gasteiger charge is 2.23. The van der Waals surface area contributed by atoms with Gasteiger partial charge in [-0.25, -0.2) is 4.79 Å². The summed E-state index contributed by atoms with van der Waals surface area (Å²) < 4.78 is 9.54. The molecule has 0 saturated carbocycles. The summed E-state index contributed by atoms with van der Waals surface area (Å²) in [5, 5.41) is 3.82. The van der Waals surface area contributed by atoms with Gasteiger partial charge in [-0.05, 0) is 31.0 Å². The summed E-state index contributed by atoms with van der Waals surface area (Å²) in [5.74, 6) is -0.586. The molecule has 0 fully saturated rings. The summed E-state index contributed by atoms with van der Waals surface area (Å²) in [6.45, 7) is 4.00. The van der Waals surface area contributed by atoms with E-state index in [0.717, 1.165) is 16.7 Å². The Morgan fingerprint density at radius 1 is 1.33 bits per heavy atom. The Balaban J connectivity index is 2.57. The zero-order valence-corrected chi connectivity index (χ0v) is 10.5. The van der Waals surface area contributed by atoms with E-state index >= 15 is 0 Å². The molecule has 2 rings (SSSR count). The molecule has 1 aromatic heterocycles. The van der Waals surface area contributed by atoms with Crippen molar-refractivity contribution in [1.82, 2.24) is 5.16 Å². The van der Waals surface area contributed by atoms with Gasteiger partial charge < -0.3 is 15.0 Å². The van der Waals surface area contributed by atoms with Crippen molar-refractivity contribution < 1.29 is 14.1 Å².